The lowest BCUT2D eigenvalue weighted by Crippen LogP contribution is -2.16. The lowest BCUT2D eigenvalue weighted by Gasteiger charge is -2.19. The molecule has 0 bridgehead atoms. The second-order valence-electron chi connectivity index (χ2n) is 4.76. The second-order valence-corrected chi connectivity index (χ2v) is 4.76. The van der Waals surface area contributed by atoms with Crippen molar-refractivity contribution >= 4 is 5.69 Å². The fourth-order valence-electron chi connectivity index (χ4n) is 2.35. The van der Waals surface area contributed by atoms with Crippen molar-refractivity contribution in [3.8, 4) is 11.5 Å². The molecule has 1 aliphatic carbocycles. The van der Waals surface area contributed by atoms with E-state index >= 15 is 0 Å². The molecule has 18 heavy (non-hydrogen) atoms. The van der Waals surface area contributed by atoms with Gasteiger partial charge >= 0.3 is 0 Å². The molecule has 1 saturated carbocycles. The molecular formula is C14H20FNO2. The minimum atomic E-state index is -0.455. The molecule has 1 fully saturated rings. The largest absolute Gasteiger partial charge is 0.494 e. The Labute approximate surface area is 107 Å². The third kappa shape index (κ3) is 3.06. The van der Waals surface area contributed by atoms with Gasteiger partial charge in [0.2, 0.25) is 0 Å². The molecule has 0 amide bonds. The summed E-state index contributed by atoms with van der Waals surface area (Å²) in [5.41, 5.74) is 6.11. The van der Waals surface area contributed by atoms with Crippen LogP contribution < -0.4 is 15.2 Å². The molecule has 2 rings (SSSR count). The van der Waals surface area contributed by atoms with Crippen LogP contribution in [0.25, 0.3) is 0 Å². The van der Waals surface area contributed by atoms with Crippen LogP contribution in [0.5, 0.6) is 11.5 Å². The maximum Gasteiger partial charge on any atom is 0.167 e. The Balaban J connectivity index is 2.12. The van der Waals surface area contributed by atoms with Crippen LogP contribution in [-0.4, -0.2) is 13.2 Å². The van der Waals surface area contributed by atoms with Crippen LogP contribution in [0.15, 0.2) is 12.1 Å². The van der Waals surface area contributed by atoms with Gasteiger partial charge < -0.3 is 15.2 Å². The van der Waals surface area contributed by atoms with Gasteiger partial charge in [0.1, 0.15) is 5.75 Å². The van der Waals surface area contributed by atoms with Crippen molar-refractivity contribution in [3.05, 3.63) is 17.9 Å². The smallest absolute Gasteiger partial charge is 0.167 e. The van der Waals surface area contributed by atoms with Crippen LogP contribution in [-0.2, 0) is 0 Å². The number of halogens is 1. The Hall–Kier alpha value is -1.45. The number of anilines is 1. The number of ether oxygens (including phenoxy) is 2. The molecule has 0 unspecified atom stereocenters. The standard InChI is InChI=1S/C14H20FNO2/c1-17-13-9-14(12(16)8-11(13)15)18-10-6-4-2-3-5-7-10/h8-10H,2-7,16H2,1H3. The van der Waals surface area contributed by atoms with Gasteiger partial charge in [-0.2, -0.15) is 0 Å². The van der Waals surface area contributed by atoms with E-state index in [2.05, 4.69) is 0 Å². The van der Waals surface area contributed by atoms with Gasteiger partial charge in [-0.05, 0) is 25.7 Å². The fraction of sp³-hybridized carbons (Fsp3) is 0.571. The molecule has 2 N–H and O–H groups in total. The van der Waals surface area contributed by atoms with Crippen LogP contribution in [0.1, 0.15) is 38.5 Å². The van der Waals surface area contributed by atoms with Gasteiger partial charge in [0.15, 0.2) is 11.6 Å². The van der Waals surface area contributed by atoms with E-state index in [4.69, 9.17) is 15.2 Å². The number of benzene rings is 1. The molecule has 0 atom stereocenters. The van der Waals surface area contributed by atoms with E-state index in [-0.39, 0.29) is 11.9 Å². The molecule has 3 nitrogen and oxygen atoms in total. The van der Waals surface area contributed by atoms with E-state index in [0.29, 0.717) is 11.4 Å². The van der Waals surface area contributed by atoms with E-state index < -0.39 is 5.82 Å². The molecule has 0 saturated heterocycles. The lowest BCUT2D eigenvalue weighted by molar-refractivity contribution is 0.184. The van der Waals surface area contributed by atoms with Gasteiger partial charge in [0, 0.05) is 12.1 Å². The highest BCUT2D eigenvalue weighted by atomic mass is 19.1. The summed E-state index contributed by atoms with van der Waals surface area (Å²) < 4.78 is 24.2. The minimum Gasteiger partial charge on any atom is -0.494 e. The Morgan fingerprint density at radius 2 is 1.78 bits per heavy atom. The van der Waals surface area contributed by atoms with Gasteiger partial charge in [-0.1, -0.05) is 12.8 Å². The molecular weight excluding hydrogens is 233 g/mol. The van der Waals surface area contributed by atoms with Crippen LogP contribution in [0.4, 0.5) is 10.1 Å². The third-order valence-corrected chi connectivity index (χ3v) is 3.38. The summed E-state index contributed by atoms with van der Waals surface area (Å²) >= 11 is 0. The van der Waals surface area contributed by atoms with Crippen molar-refractivity contribution in [1.29, 1.82) is 0 Å². The molecule has 100 valence electrons. The highest BCUT2D eigenvalue weighted by Crippen LogP contribution is 2.32. The van der Waals surface area contributed by atoms with Gasteiger partial charge in [-0.3, -0.25) is 0 Å². The average Bonchev–Trinajstić information content (AvgIpc) is 2.61. The zero-order valence-electron chi connectivity index (χ0n) is 10.7. The molecule has 1 aromatic rings. The predicted molar refractivity (Wildman–Crippen MR) is 69.5 cm³/mol. The van der Waals surface area contributed by atoms with Crippen LogP contribution in [0, 0.1) is 5.82 Å². The molecule has 1 aliphatic rings. The van der Waals surface area contributed by atoms with Gasteiger partial charge in [-0.25, -0.2) is 4.39 Å². The quantitative estimate of drug-likeness (QED) is 0.662. The normalized spacial score (nSPS) is 17.2. The van der Waals surface area contributed by atoms with Gasteiger partial charge in [0.05, 0.1) is 18.9 Å². The summed E-state index contributed by atoms with van der Waals surface area (Å²) in [6, 6.07) is 2.79. The highest BCUT2D eigenvalue weighted by molar-refractivity contribution is 5.56. The van der Waals surface area contributed by atoms with E-state index in [9.17, 15) is 4.39 Å². The van der Waals surface area contributed by atoms with E-state index in [1.807, 2.05) is 0 Å². The predicted octanol–water partition coefficient (Wildman–Crippen LogP) is 3.52. The number of nitrogen functional groups attached to an aromatic ring is 1. The van der Waals surface area contributed by atoms with E-state index in [1.165, 1.54) is 44.9 Å². The van der Waals surface area contributed by atoms with Crippen molar-refractivity contribution < 1.29 is 13.9 Å². The maximum absolute atomic E-state index is 13.4. The maximum atomic E-state index is 13.4. The molecule has 0 aliphatic heterocycles. The Kier molecular flexibility index (Phi) is 4.28. The number of rotatable bonds is 3. The van der Waals surface area contributed by atoms with E-state index in [1.54, 1.807) is 0 Å². The summed E-state index contributed by atoms with van der Waals surface area (Å²) in [4.78, 5) is 0. The summed E-state index contributed by atoms with van der Waals surface area (Å²) in [5.74, 6) is 0.246. The van der Waals surface area contributed by atoms with Crippen LogP contribution in [0.3, 0.4) is 0 Å². The summed E-state index contributed by atoms with van der Waals surface area (Å²) in [5, 5.41) is 0. The lowest BCUT2D eigenvalue weighted by atomic mass is 10.1. The first-order valence-electron chi connectivity index (χ1n) is 6.50. The molecule has 1 aromatic carbocycles. The molecule has 0 radical (unpaired) electrons. The Morgan fingerprint density at radius 1 is 1.11 bits per heavy atom. The summed E-state index contributed by atoms with van der Waals surface area (Å²) in [7, 11) is 1.43. The molecule has 0 heterocycles. The van der Waals surface area contributed by atoms with Crippen molar-refractivity contribution in [1.82, 2.24) is 0 Å². The van der Waals surface area contributed by atoms with Crippen molar-refractivity contribution in [3.63, 3.8) is 0 Å². The van der Waals surface area contributed by atoms with Gasteiger partial charge in [-0.15, -0.1) is 0 Å². The molecule has 4 heteroatoms. The van der Waals surface area contributed by atoms with E-state index in [0.717, 1.165) is 12.8 Å². The zero-order chi connectivity index (χ0) is 13.0. The zero-order valence-corrected chi connectivity index (χ0v) is 10.7. The first-order valence-corrected chi connectivity index (χ1v) is 6.50. The third-order valence-electron chi connectivity index (χ3n) is 3.38. The van der Waals surface area contributed by atoms with Crippen molar-refractivity contribution in [2.24, 2.45) is 0 Å². The SMILES string of the molecule is COc1cc(OC2CCCCCC2)c(N)cc1F. The number of hydrogen-bond donors (Lipinski definition) is 1. The average molecular weight is 253 g/mol. The Morgan fingerprint density at radius 3 is 2.39 bits per heavy atom. The Bertz CT molecular complexity index is 401. The highest BCUT2D eigenvalue weighted by Gasteiger charge is 2.16. The van der Waals surface area contributed by atoms with Gasteiger partial charge in [0.25, 0.3) is 0 Å². The number of hydrogen-bond acceptors (Lipinski definition) is 3. The number of nitrogens with two attached hydrogens (primary N) is 1. The fourth-order valence-corrected chi connectivity index (χ4v) is 2.35. The first kappa shape index (κ1) is 13.0. The second kappa shape index (κ2) is 5.94. The summed E-state index contributed by atoms with van der Waals surface area (Å²) in [6.45, 7) is 0. The first-order chi connectivity index (χ1) is 8.70. The molecule has 0 spiro atoms. The monoisotopic (exact) mass is 253 g/mol. The van der Waals surface area contributed by atoms with Crippen LogP contribution >= 0.6 is 0 Å². The summed E-state index contributed by atoms with van der Waals surface area (Å²) in [6.07, 6.45) is 7.17. The van der Waals surface area contributed by atoms with Crippen molar-refractivity contribution in [2.45, 2.75) is 44.6 Å². The number of methoxy groups -OCH3 is 1. The minimum absolute atomic E-state index is 0.174. The van der Waals surface area contributed by atoms with Crippen LogP contribution in [0.2, 0.25) is 0 Å². The van der Waals surface area contributed by atoms with Crippen molar-refractivity contribution in [2.75, 3.05) is 12.8 Å². The molecule has 0 aromatic heterocycles. The topological polar surface area (TPSA) is 44.5 Å².